The monoisotopic (exact) mass is 462 g/mol. The van der Waals surface area contributed by atoms with Gasteiger partial charge in [0, 0.05) is 50.3 Å². The summed E-state index contributed by atoms with van der Waals surface area (Å²) < 4.78 is 34.2. The first-order valence-electron chi connectivity index (χ1n) is 9.58. The normalized spacial score (nSPS) is 15.2. The molecule has 4 rings (SSSR count). The zero-order valence-corrected chi connectivity index (χ0v) is 18.7. The second-order valence-corrected chi connectivity index (χ2v) is 9.98. The number of esters is 1. The summed E-state index contributed by atoms with van der Waals surface area (Å²) >= 11 is 1.18. The molecule has 3 heterocycles. The van der Waals surface area contributed by atoms with E-state index >= 15 is 0 Å². The number of methoxy groups -OCH3 is 1. The van der Waals surface area contributed by atoms with Crippen LogP contribution in [0.3, 0.4) is 0 Å². The molecule has 31 heavy (non-hydrogen) atoms. The van der Waals surface area contributed by atoms with Crippen molar-refractivity contribution >= 4 is 50.0 Å². The molecule has 0 aliphatic carbocycles. The number of piperazine rings is 1. The van der Waals surface area contributed by atoms with E-state index in [1.807, 2.05) is 23.9 Å². The van der Waals surface area contributed by atoms with E-state index in [1.165, 1.54) is 27.7 Å². The van der Waals surface area contributed by atoms with Crippen molar-refractivity contribution in [3.05, 3.63) is 46.8 Å². The number of carbonyl (C=O) groups excluding carboxylic acids is 2. The third-order valence-corrected chi connectivity index (χ3v) is 8.09. The van der Waals surface area contributed by atoms with Crippen LogP contribution in [-0.4, -0.2) is 67.5 Å². The van der Waals surface area contributed by atoms with Crippen molar-refractivity contribution in [2.24, 2.45) is 7.05 Å². The number of nitrogens with zero attached hydrogens (tertiary/aromatic N) is 3. The zero-order chi connectivity index (χ0) is 22.2. The Balaban J connectivity index is 1.42. The Morgan fingerprint density at radius 2 is 1.84 bits per heavy atom. The van der Waals surface area contributed by atoms with Crippen LogP contribution in [0.1, 0.15) is 9.67 Å². The van der Waals surface area contributed by atoms with Crippen molar-refractivity contribution in [2.45, 2.75) is 4.90 Å². The summed E-state index contributed by atoms with van der Waals surface area (Å²) in [6, 6.07) is 8.22. The SMILES string of the molecule is COC(=O)c1sccc1NC(=O)N1CCN(S(=O)(=O)c2ccc3c(ccn3C)c2)CC1. The Morgan fingerprint density at radius 3 is 2.55 bits per heavy atom. The number of rotatable bonds is 4. The Kier molecular flexibility index (Phi) is 5.73. The lowest BCUT2D eigenvalue weighted by molar-refractivity contribution is 0.0607. The van der Waals surface area contributed by atoms with Crippen molar-refractivity contribution in [3.8, 4) is 0 Å². The number of aryl methyl sites for hydroxylation is 1. The van der Waals surface area contributed by atoms with E-state index in [0.717, 1.165) is 10.9 Å². The summed E-state index contributed by atoms with van der Waals surface area (Å²) in [6.07, 6.45) is 1.89. The van der Waals surface area contributed by atoms with Crippen LogP contribution in [0.5, 0.6) is 0 Å². The number of fused-ring (bicyclic) bond motifs is 1. The number of hydrogen-bond acceptors (Lipinski definition) is 6. The highest BCUT2D eigenvalue weighted by atomic mass is 32.2. The fourth-order valence-corrected chi connectivity index (χ4v) is 5.78. The highest BCUT2D eigenvalue weighted by Crippen LogP contribution is 2.25. The highest BCUT2D eigenvalue weighted by Gasteiger charge is 2.31. The van der Waals surface area contributed by atoms with E-state index in [1.54, 1.807) is 29.6 Å². The van der Waals surface area contributed by atoms with Gasteiger partial charge in [-0.05, 0) is 35.7 Å². The van der Waals surface area contributed by atoms with Crippen LogP contribution < -0.4 is 5.32 Å². The predicted molar refractivity (Wildman–Crippen MR) is 118 cm³/mol. The van der Waals surface area contributed by atoms with Crippen molar-refractivity contribution < 1.29 is 22.7 Å². The molecule has 1 aromatic carbocycles. The van der Waals surface area contributed by atoms with Crippen LogP contribution >= 0.6 is 11.3 Å². The molecule has 0 saturated carbocycles. The number of carbonyl (C=O) groups is 2. The molecular weight excluding hydrogens is 440 g/mol. The molecule has 2 amide bonds. The topological polar surface area (TPSA) is 101 Å². The van der Waals surface area contributed by atoms with E-state index < -0.39 is 16.0 Å². The predicted octanol–water partition coefficient (Wildman–Crippen LogP) is 2.56. The largest absolute Gasteiger partial charge is 0.465 e. The smallest absolute Gasteiger partial charge is 0.350 e. The van der Waals surface area contributed by atoms with Gasteiger partial charge in [-0.3, -0.25) is 0 Å². The number of urea groups is 1. The lowest BCUT2D eigenvalue weighted by Crippen LogP contribution is -2.51. The van der Waals surface area contributed by atoms with Crippen LogP contribution in [-0.2, 0) is 21.8 Å². The summed E-state index contributed by atoms with van der Waals surface area (Å²) in [6.45, 7) is 0.874. The minimum atomic E-state index is -3.66. The zero-order valence-electron chi connectivity index (χ0n) is 17.1. The number of aromatic nitrogens is 1. The molecule has 1 fully saturated rings. The first-order valence-corrected chi connectivity index (χ1v) is 11.9. The average Bonchev–Trinajstić information content (AvgIpc) is 3.39. The van der Waals surface area contributed by atoms with Gasteiger partial charge in [0.25, 0.3) is 0 Å². The van der Waals surface area contributed by atoms with E-state index in [4.69, 9.17) is 4.74 Å². The molecule has 0 radical (unpaired) electrons. The fourth-order valence-electron chi connectivity index (χ4n) is 3.55. The molecule has 0 bridgehead atoms. The summed E-state index contributed by atoms with van der Waals surface area (Å²) in [5.74, 6) is -0.517. The maximum atomic E-state index is 13.1. The Bertz CT molecular complexity index is 1240. The second-order valence-electron chi connectivity index (χ2n) is 7.12. The molecule has 3 aromatic rings. The molecule has 2 aromatic heterocycles. The van der Waals surface area contributed by atoms with Gasteiger partial charge in [-0.1, -0.05) is 0 Å². The average molecular weight is 463 g/mol. The van der Waals surface area contributed by atoms with Crippen LogP contribution in [0.2, 0.25) is 0 Å². The Morgan fingerprint density at radius 1 is 1.10 bits per heavy atom. The number of ether oxygens (including phenoxy) is 1. The molecule has 0 unspecified atom stereocenters. The molecule has 11 heteroatoms. The van der Waals surface area contributed by atoms with Crippen LogP contribution in [0.4, 0.5) is 10.5 Å². The van der Waals surface area contributed by atoms with E-state index in [2.05, 4.69) is 5.32 Å². The third kappa shape index (κ3) is 4.03. The lowest BCUT2D eigenvalue weighted by atomic mass is 10.2. The second kappa shape index (κ2) is 8.33. The van der Waals surface area contributed by atoms with Gasteiger partial charge in [0.1, 0.15) is 4.88 Å². The van der Waals surface area contributed by atoms with Gasteiger partial charge in [0.15, 0.2) is 0 Å². The first kappa shape index (κ1) is 21.3. The van der Waals surface area contributed by atoms with Crippen molar-refractivity contribution in [3.63, 3.8) is 0 Å². The minimum Gasteiger partial charge on any atom is -0.465 e. The highest BCUT2D eigenvalue weighted by molar-refractivity contribution is 7.89. The van der Waals surface area contributed by atoms with Crippen molar-refractivity contribution in [1.29, 1.82) is 0 Å². The lowest BCUT2D eigenvalue weighted by Gasteiger charge is -2.34. The number of nitrogens with one attached hydrogen (secondary N) is 1. The van der Waals surface area contributed by atoms with Gasteiger partial charge < -0.3 is 19.5 Å². The van der Waals surface area contributed by atoms with Gasteiger partial charge in [-0.2, -0.15) is 4.31 Å². The number of thiophene rings is 1. The van der Waals surface area contributed by atoms with Gasteiger partial charge >= 0.3 is 12.0 Å². The van der Waals surface area contributed by atoms with Crippen LogP contribution in [0.15, 0.2) is 46.8 Å². The van der Waals surface area contributed by atoms with Crippen molar-refractivity contribution in [2.75, 3.05) is 38.6 Å². The molecule has 1 aliphatic rings. The van der Waals surface area contributed by atoms with E-state index in [9.17, 15) is 18.0 Å². The number of benzene rings is 1. The van der Waals surface area contributed by atoms with E-state index in [0.29, 0.717) is 10.6 Å². The number of amides is 2. The van der Waals surface area contributed by atoms with Crippen molar-refractivity contribution in [1.82, 2.24) is 13.8 Å². The van der Waals surface area contributed by atoms with Gasteiger partial charge in [0.05, 0.1) is 17.7 Å². The molecule has 1 N–H and O–H groups in total. The molecular formula is C20H22N4O5S2. The summed E-state index contributed by atoms with van der Waals surface area (Å²) in [5, 5.41) is 5.26. The maximum absolute atomic E-state index is 13.1. The number of anilines is 1. The standard InChI is InChI=1S/C20H22N4O5S2/c1-22-7-5-14-13-15(3-4-17(14)22)31(27,28)24-10-8-23(9-11-24)20(26)21-16-6-12-30-18(16)19(25)29-2/h3-7,12-13H,8-11H2,1-2H3,(H,21,26). The minimum absolute atomic E-state index is 0.191. The molecule has 0 atom stereocenters. The number of hydrogen-bond donors (Lipinski definition) is 1. The number of sulfonamides is 1. The van der Waals surface area contributed by atoms with E-state index in [-0.39, 0.29) is 37.1 Å². The van der Waals surface area contributed by atoms with Crippen LogP contribution in [0.25, 0.3) is 10.9 Å². The fraction of sp³-hybridized carbons (Fsp3) is 0.300. The molecule has 1 aliphatic heterocycles. The molecule has 0 spiro atoms. The Hall–Kier alpha value is -2.89. The summed E-state index contributed by atoms with van der Waals surface area (Å²) in [4.78, 5) is 26.5. The Labute approximate surface area is 183 Å². The first-order chi connectivity index (χ1) is 14.8. The maximum Gasteiger partial charge on any atom is 0.350 e. The quantitative estimate of drug-likeness (QED) is 0.601. The molecule has 1 saturated heterocycles. The van der Waals surface area contributed by atoms with Crippen LogP contribution in [0, 0.1) is 0 Å². The van der Waals surface area contributed by atoms with Gasteiger partial charge in [-0.25, -0.2) is 18.0 Å². The summed E-state index contributed by atoms with van der Waals surface area (Å²) in [5.41, 5.74) is 1.34. The van der Waals surface area contributed by atoms with Gasteiger partial charge in [-0.15, -0.1) is 11.3 Å². The molecule has 164 valence electrons. The molecule has 9 nitrogen and oxygen atoms in total. The summed E-state index contributed by atoms with van der Waals surface area (Å²) in [7, 11) is -0.470. The third-order valence-electron chi connectivity index (χ3n) is 5.30. The van der Waals surface area contributed by atoms with Gasteiger partial charge in [0.2, 0.25) is 10.0 Å².